The molecule has 0 spiro atoms. The maximum atomic E-state index is 12.2. The van der Waals surface area contributed by atoms with Crippen molar-refractivity contribution in [3.05, 3.63) is 32.6 Å². The van der Waals surface area contributed by atoms with Crippen molar-refractivity contribution in [1.82, 2.24) is 14.2 Å². The summed E-state index contributed by atoms with van der Waals surface area (Å²) in [5, 5.41) is 0.468. The van der Waals surface area contributed by atoms with Crippen molar-refractivity contribution in [2.75, 3.05) is 13.1 Å². The molecule has 9 heteroatoms. The normalized spacial score (nSPS) is 34.6. The number of hydrogen-bond donors (Lipinski definition) is 1. The lowest BCUT2D eigenvalue weighted by Gasteiger charge is -2.39. The average molecular weight is 373 g/mol. The van der Waals surface area contributed by atoms with Crippen molar-refractivity contribution >= 4 is 18.9 Å². The Morgan fingerprint density at radius 1 is 1.38 bits per heavy atom. The number of hydrogen-bond acceptors (Lipinski definition) is 6. The summed E-state index contributed by atoms with van der Waals surface area (Å²) in [6.07, 6.45) is 2.32. The third kappa shape index (κ3) is 3.63. The highest BCUT2D eigenvalue weighted by molar-refractivity contribution is 8.54. The van der Waals surface area contributed by atoms with Crippen molar-refractivity contribution in [2.24, 2.45) is 0 Å². The van der Waals surface area contributed by atoms with Gasteiger partial charge in [0.25, 0.3) is 5.56 Å². The van der Waals surface area contributed by atoms with Gasteiger partial charge in [0.2, 0.25) is 0 Å². The second-order valence-electron chi connectivity index (χ2n) is 6.33. The van der Waals surface area contributed by atoms with E-state index in [1.54, 1.807) is 13.1 Å². The van der Waals surface area contributed by atoms with Gasteiger partial charge >= 0.3 is 5.69 Å². The molecule has 3 rings (SSSR count). The molecule has 1 aromatic rings. The van der Waals surface area contributed by atoms with E-state index in [0.717, 1.165) is 13.0 Å². The highest BCUT2D eigenvalue weighted by Crippen LogP contribution is 2.63. The van der Waals surface area contributed by atoms with Gasteiger partial charge in [0.15, 0.2) is 13.7 Å². The Hall–Kier alpha value is -0.660. The van der Waals surface area contributed by atoms with E-state index < -0.39 is 19.4 Å². The third-order valence-electron chi connectivity index (χ3n) is 4.45. The molecule has 2 aliphatic heterocycles. The summed E-state index contributed by atoms with van der Waals surface area (Å²) in [5.41, 5.74) is -0.276. The van der Waals surface area contributed by atoms with Crippen LogP contribution in [0.2, 0.25) is 0 Å². The Labute approximate surface area is 146 Å². The first-order valence-electron chi connectivity index (χ1n) is 8.25. The second-order valence-corrected chi connectivity index (χ2v) is 10.1. The van der Waals surface area contributed by atoms with Gasteiger partial charge in [-0.1, -0.05) is 25.2 Å². The van der Waals surface area contributed by atoms with E-state index in [9.17, 15) is 9.59 Å². The predicted octanol–water partition coefficient (Wildman–Crippen LogP) is 2.22. The summed E-state index contributed by atoms with van der Waals surface area (Å²) in [6, 6.07) is 0. The first-order chi connectivity index (χ1) is 11.4. The number of morpholine rings is 1. The highest BCUT2D eigenvalue weighted by Gasteiger charge is 2.39. The van der Waals surface area contributed by atoms with Gasteiger partial charge in [-0.05, 0) is 20.3 Å². The monoisotopic (exact) mass is 373 g/mol. The van der Waals surface area contributed by atoms with Gasteiger partial charge in [0.05, 0.1) is 18.8 Å². The van der Waals surface area contributed by atoms with E-state index in [1.807, 2.05) is 11.4 Å². The van der Waals surface area contributed by atoms with Crippen LogP contribution in [0, 0.1) is 6.92 Å². The van der Waals surface area contributed by atoms with Crippen molar-refractivity contribution in [1.29, 1.82) is 0 Å². The minimum Gasteiger partial charge on any atom is -0.352 e. The number of nitrogens with one attached hydrogen (secondary N) is 1. The Bertz CT molecular complexity index is 699. The number of aryl methyl sites for hydroxylation is 1. The first-order valence-corrected chi connectivity index (χ1v) is 10.9. The molecule has 24 heavy (non-hydrogen) atoms. The van der Waals surface area contributed by atoms with Crippen LogP contribution in [0.3, 0.4) is 0 Å². The molecule has 5 atom stereocenters. The number of rotatable bonds is 3. The van der Waals surface area contributed by atoms with Crippen LogP contribution in [0.15, 0.2) is 15.8 Å². The van der Waals surface area contributed by atoms with Gasteiger partial charge in [-0.25, -0.2) is 9.46 Å². The van der Waals surface area contributed by atoms with E-state index in [-0.39, 0.29) is 17.8 Å². The van der Waals surface area contributed by atoms with Gasteiger partial charge in [-0.2, -0.15) is 0 Å². The summed E-state index contributed by atoms with van der Waals surface area (Å²) in [4.78, 5) is 26.2. The van der Waals surface area contributed by atoms with Crippen LogP contribution in [0.1, 0.15) is 39.0 Å². The lowest BCUT2D eigenvalue weighted by atomic mass is 10.2. The minimum atomic E-state index is -0.732. The zero-order chi connectivity index (χ0) is 17.4. The summed E-state index contributed by atoms with van der Waals surface area (Å²) < 4.78 is 16.0. The quantitative estimate of drug-likeness (QED) is 0.819. The van der Waals surface area contributed by atoms with E-state index in [4.69, 9.17) is 9.26 Å². The van der Waals surface area contributed by atoms with Crippen LogP contribution in [-0.2, 0) is 9.26 Å². The Balaban J connectivity index is 1.85. The van der Waals surface area contributed by atoms with Gasteiger partial charge in [0.1, 0.15) is 0 Å². The fourth-order valence-electron chi connectivity index (χ4n) is 2.72. The molecule has 2 saturated heterocycles. The molecule has 1 aromatic heterocycles. The number of aromatic amines is 1. The Morgan fingerprint density at radius 2 is 2.12 bits per heavy atom. The van der Waals surface area contributed by atoms with E-state index >= 15 is 0 Å². The topological polar surface area (TPSA) is 76.6 Å². The number of ether oxygens (including phenoxy) is 1. The molecule has 2 fully saturated rings. The molecule has 2 aliphatic rings. The van der Waals surface area contributed by atoms with E-state index in [2.05, 4.69) is 30.4 Å². The fourth-order valence-corrected chi connectivity index (χ4v) is 7.41. The predicted molar refractivity (Wildman–Crippen MR) is 96.4 cm³/mol. The van der Waals surface area contributed by atoms with E-state index in [0.29, 0.717) is 17.4 Å². The van der Waals surface area contributed by atoms with Crippen LogP contribution >= 0.6 is 18.9 Å². The molecule has 0 bridgehead atoms. The minimum absolute atomic E-state index is 0.0424. The van der Waals surface area contributed by atoms with Crippen LogP contribution in [0.5, 0.6) is 0 Å². The van der Waals surface area contributed by atoms with E-state index in [1.165, 1.54) is 4.57 Å². The highest BCUT2D eigenvalue weighted by atomic mass is 32.7. The van der Waals surface area contributed by atoms with Crippen LogP contribution in [0.4, 0.5) is 0 Å². The van der Waals surface area contributed by atoms with Gasteiger partial charge in [-0.3, -0.25) is 14.3 Å². The van der Waals surface area contributed by atoms with Crippen LogP contribution in [-0.4, -0.2) is 44.8 Å². The number of nitrogens with zero attached hydrogens (tertiary/aromatic N) is 2. The molecule has 0 amide bonds. The van der Waals surface area contributed by atoms with Crippen molar-refractivity contribution in [3.63, 3.8) is 0 Å². The SMILES string of the molecule is CC[C@@H]1CN(P2OC(C)C(C)S2)C[C@H](n2cc(C)c(=O)[nH]c2=O)O1. The zero-order valence-corrected chi connectivity index (χ0v) is 16.1. The Kier molecular flexibility index (Phi) is 5.52. The molecule has 0 saturated carbocycles. The van der Waals surface area contributed by atoms with Crippen molar-refractivity contribution in [3.8, 4) is 0 Å². The number of aromatic nitrogens is 2. The lowest BCUT2D eigenvalue weighted by molar-refractivity contribution is -0.104. The molecule has 3 unspecified atom stereocenters. The molecular weight excluding hydrogens is 349 g/mol. The molecule has 0 radical (unpaired) electrons. The summed E-state index contributed by atoms with van der Waals surface area (Å²) >= 11 is 1.87. The van der Waals surface area contributed by atoms with Crippen molar-refractivity contribution < 1.29 is 9.26 Å². The second kappa shape index (κ2) is 7.30. The molecule has 134 valence electrons. The maximum absolute atomic E-state index is 12.2. The zero-order valence-electron chi connectivity index (χ0n) is 14.4. The molecule has 0 aromatic carbocycles. The van der Waals surface area contributed by atoms with Crippen LogP contribution < -0.4 is 11.2 Å². The molecular formula is C15H24N3O4PS. The average Bonchev–Trinajstić information content (AvgIpc) is 2.89. The Morgan fingerprint density at radius 3 is 2.75 bits per heavy atom. The molecule has 3 heterocycles. The molecule has 0 aliphatic carbocycles. The number of H-pyrrole nitrogens is 1. The summed E-state index contributed by atoms with van der Waals surface area (Å²) in [6.45, 7) is 9.44. The van der Waals surface area contributed by atoms with Crippen LogP contribution in [0.25, 0.3) is 0 Å². The molecule has 1 N–H and O–H groups in total. The smallest absolute Gasteiger partial charge is 0.330 e. The molecule has 7 nitrogen and oxygen atoms in total. The maximum Gasteiger partial charge on any atom is 0.330 e. The van der Waals surface area contributed by atoms with Crippen molar-refractivity contribution in [2.45, 2.75) is 57.8 Å². The van der Waals surface area contributed by atoms with Gasteiger partial charge < -0.3 is 9.26 Å². The largest absolute Gasteiger partial charge is 0.352 e. The van der Waals surface area contributed by atoms with Gasteiger partial charge in [0, 0.05) is 23.6 Å². The van der Waals surface area contributed by atoms with Gasteiger partial charge in [-0.15, -0.1) is 0 Å². The standard InChI is InChI=1S/C15H24N3O4PS/c1-5-12-7-17(23-22-10(3)11(4)24-23)8-13(21-12)18-6-9(2)14(19)16-15(18)20/h6,10-13H,5,7-8H2,1-4H3,(H,16,19,20)/t10?,11?,12-,13-,23?/m1/s1. The summed E-state index contributed by atoms with van der Waals surface area (Å²) in [7, 11) is -0.732. The third-order valence-corrected chi connectivity index (χ3v) is 9.13. The first kappa shape index (κ1) is 18.1. The lowest BCUT2D eigenvalue weighted by Crippen LogP contribution is -2.46. The fraction of sp³-hybridized carbons (Fsp3) is 0.733. The summed E-state index contributed by atoms with van der Waals surface area (Å²) in [5.74, 6) is 0.